The summed E-state index contributed by atoms with van der Waals surface area (Å²) in [4.78, 5) is 13.9. The number of aromatic nitrogens is 2. The van der Waals surface area contributed by atoms with Crippen molar-refractivity contribution in [1.82, 2.24) is 15.1 Å². The van der Waals surface area contributed by atoms with Crippen molar-refractivity contribution in [2.45, 2.75) is 6.92 Å². The number of hydrogen-bond acceptors (Lipinski definition) is 4. The van der Waals surface area contributed by atoms with Crippen LogP contribution in [0.2, 0.25) is 0 Å². The van der Waals surface area contributed by atoms with Gasteiger partial charge in [0.2, 0.25) is 0 Å². The number of fused-ring (bicyclic) bond motifs is 1. The number of benzene rings is 1. The Labute approximate surface area is 132 Å². The standard InChI is InChI=1S/C16H17N3O2S/c1-11-13-10-14(22-16(13)19(2)18-11)15(20)17-8-9-21-12-6-4-3-5-7-12/h3-7,10H,8-9H2,1-2H3,(H,17,20). The number of amides is 1. The molecule has 3 rings (SSSR count). The number of carbonyl (C=O) groups is 1. The van der Waals surface area contributed by atoms with Crippen molar-refractivity contribution in [2.75, 3.05) is 13.2 Å². The lowest BCUT2D eigenvalue weighted by atomic mass is 10.3. The molecule has 0 bridgehead atoms. The first-order valence-electron chi connectivity index (χ1n) is 7.04. The highest BCUT2D eigenvalue weighted by molar-refractivity contribution is 7.20. The first-order chi connectivity index (χ1) is 10.6. The van der Waals surface area contributed by atoms with Crippen LogP contribution in [0.3, 0.4) is 0 Å². The first-order valence-corrected chi connectivity index (χ1v) is 7.86. The molecule has 3 aromatic rings. The Bertz CT molecular complexity index is 758. The molecule has 0 saturated carbocycles. The van der Waals surface area contributed by atoms with Crippen molar-refractivity contribution >= 4 is 27.5 Å². The Morgan fingerprint density at radius 2 is 2.14 bits per heavy atom. The maximum absolute atomic E-state index is 12.2. The largest absolute Gasteiger partial charge is 0.492 e. The van der Waals surface area contributed by atoms with Gasteiger partial charge in [0.25, 0.3) is 5.91 Å². The highest BCUT2D eigenvalue weighted by Gasteiger charge is 2.14. The molecule has 114 valence electrons. The van der Waals surface area contributed by atoms with Crippen molar-refractivity contribution in [2.24, 2.45) is 7.05 Å². The minimum absolute atomic E-state index is 0.0720. The van der Waals surface area contributed by atoms with E-state index in [-0.39, 0.29) is 5.91 Å². The van der Waals surface area contributed by atoms with Crippen LogP contribution in [0.25, 0.3) is 10.2 Å². The van der Waals surface area contributed by atoms with Gasteiger partial charge in [-0.3, -0.25) is 9.48 Å². The second-order valence-electron chi connectivity index (χ2n) is 4.96. The molecule has 0 atom stereocenters. The average molecular weight is 315 g/mol. The van der Waals surface area contributed by atoms with E-state index < -0.39 is 0 Å². The molecule has 1 aromatic carbocycles. The third kappa shape index (κ3) is 2.96. The molecule has 2 heterocycles. The SMILES string of the molecule is Cc1nn(C)c2sc(C(=O)NCCOc3ccccc3)cc12. The average Bonchev–Trinajstić information content (AvgIpc) is 3.07. The molecule has 0 aliphatic rings. The van der Waals surface area contributed by atoms with Crippen LogP contribution in [0.5, 0.6) is 5.75 Å². The lowest BCUT2D eigenvalue weighted by Crippen LogP contribution is -2.27. The van der Waals surface area contributed by atoms with E-state index in [1.54, 1.807) is 0 Å². The van der Waals surface area contributed by atoms with Gasteiger partial charge in [0.1, 0.15) is 17.2 Å². The summed E-state index contributed by atoms with van der Waals surface area (Å²) >= 11 is 1.45. The number of rotatable bonds is 5. The molecule has 0 aliphatic heterocycles. The Kier molecular flexibility index (Phi) is 4.11. The number of aryl methyl sites for hydroxylation is 2. The van der Waals surface area contributed by atoms with Crippen LogP contribution in [0.4, 0.5) is 0 Å². The molecule has 1 N–H and O–H groups in total. The molecule has 2 aromatic heterocycles. The van der Waals surface area contributed by atoms with Gasteiger partial charge in [-0.05, 0) is 25.1 Å². The van der Waals surface area contributed by atoms with Gasteiger partial charge in [-0.2, -0.15) is 5.10 Å². The van der Waals surface area contributed by atoms with Gasteiger partial charge in [0.15, 0.2) is 0 Å². The molecule has 0 aliphatic carbocycles. The van der Waals surface area contributed by atoms with Crippen LogP contribution < -0.4 is 10.1 Å². The minimum atomic E-state index is -0.0720. The maximum atomic E-state index is 12.2. The monoisotopic (exact) mass is 315 g/mol. The molecule has 22 heavy (non-hydrogen) atoms. The summed E-state index contributed by atoms with van der Waals surface area (Å²) in [5.41, 5.74) is 0.945. The number of para-hydroxylation sites is 1. The zero-order chi connectivity index (χ0) is 15.5. The van der Waals surface area contributed by atoms with E-state index in [9.17, 15) is 4.79 Å². The summed E-state index contributed by atoms with van der Waals surface area (Å²) in [6.07, 6.45) is 0. The van der Waals surface area contributed by atoms with Crippen LogP contribution in [0, 0.1) is 6.92 Å². The number of carbonyl (C=O) groups excluding carboxylic acids is 1. The van der Waals surface area contributed by atoms with Crippen LogP contribution in [-0.4, -0.2) is 28.8 Å². The van der Waals surface area contributed by atoms with Crippen molar-refractivity contribution in [3.05, 3.63) is 47.0 Å². The summed E-state index contributed by atoms with van der Waals surface area (Å²) in [6.45, 7) is 2.87. The number of hydrogen-bond donors (Lipinski definition) is 1. The topological polar surface area (TPSA) is 56.2 Å². The van der Waals surface area contributed by atoms with Crippen LogP contribution in [-0.2, 0) is 7.05 Å². The second-order valence-corrected chi connectivity index (χ2v) is 5.99. The lowest BCUT2D eigenvalue weighted by molar-refractivity contribution is 0.0951. The second kappa shape index (κ2) is 6.19. The molecule has 0 unspecified atom stereocenters. The Morgan fingerprint density at radius 3 is 2.86 bits per heavy atom. The van der Waals surface area contributed by atoms with Gasteiger partial charge in [-0.1, -0.05) is 18.2 Å². The molecule has 6 heteroatoms. The first kappa shape index (κ1) is 14.6. The molecule has 0 saturated heterocycles. The number of ether oxygens (including phenoxy) is 1. The minimum Gasteiger partial charge on any atom is -0.492 e. The van der Waals surface area contributed by atoms with E-state index in [1.807, 2.05) is 55.1 Å². The molecule has 0 spiro atoms. The molecule has 1 amide bonds. The van der Waals surface area contributed by atoms with Gasteiger partial charge in [0, 0.05) is 12.4 Å². The highest BCUT2D eigenvalue weighted by Crippen LogP contribution is 2.27. The predicted molar refractivity (Wildman–Crippen MR) is 87.6 cm³/mol. The summed E-state index contributed by atoms with van der Waals surface area (Å²) in [6, 6.07) is 11.5. The van der Waals surface area contributed by atoms with E-state index in [2.05, 4.69) is 10.4 Å². The van der Waals surface area contributed by atoms with Gasteiger partial charge < -0.3 is 10.1 Å². The third-order valence-electron chi connectivity index (χ3n) is 3.32. The van der Waals surface area contributed by atoms with E-state index in [0.29, 0.717) is 18.0 Å². The van der Waals surface area contributed by atoms with Gasteiger partial charge in [-0.15, -0.1) is 11.3 Å². The summed E-state index contributed by atoms with van der Waals surface area (Å²) in [7, 11) is 1.89. The zero-order valence-corrected chi connectivity index (χ0v) is 13.3. The Morgan fingerprint density at radius 1 is 1.36 bits per heavy atom. The van der Waals surface area contributed by atoms with Crippen LogP contribution >= 0.6 is 11.3 Å². The van der Waals surface area contributed by atoms with Crippen molar-refractivity contribution < 1.29 is 9.53 Å². The van der Waals surface area contributed by atoms with Crippen LogP contribution in [0.15, 0.2) is 36.4 Å². The molecule has 0 fully saturated rings. The molecule has 0 radical (unpaired) electrons. The Balaban J connectivity index is 1.56. The van der Waals surface area contributed by atoms with E-state index in [4.69, 9.17) is 4.74 Å². The van der Waals surface area contributed by atoms with E-state index >= 15 is 0 Å². The number of nitrogens with zero attached hydrogens (tertiary/aromatic N) is 2. The molecule has 5 nitrogen and oxygen atoms in total. The van der Waals surface area contributed by atoms with Crippen LogP contribution in [0.1, 0.15) is 15.4 Å². The normalized spacial score (nSPS) is 10.8. The highest BCUT2D eigenvalue weighted by atomic mass is 32.1. The summed E-state index contributed by atoms with van der Waals surface area (Å²) in [5, 5.41) is 8.25. The fourth-order valence-electron chi connectivity index (χ4n) is 2.25. The van der Waals surface area contributed by atoms with Gasteiger partial charge >= 0.3 is 0 Å². The van der Waals surface area contributed by atoms with Gasteiger partial charge in [0.05, 0.1) is 17.1 Å². The number of nitrogens with one attached hydrogen (secondary N) is 1. The third-order valence-corrected chi connectivity index (χ3v) is 4.52. The van der Waals surface area contributed by atoms with E-state index in [1.165, 1.54) is 11.3 Å². The number of thiophene rings is 1. The van der Waals surface area contributed by atoms with E-state index in [0.717, 1.165) is 21.7 Å². The fraction of sp³-hybridized carbons (Fsp3) is 0.250. The predicted octanol–water partition coefficient (Wildman–Crippen LogP) is 2.75. The summed E-state index contributed by atoms with van der Waals surface area (Å²) in [5.74, 6) is 0.734. The van der Waals surface area contributed by atoms with Crippen molar-refractivity contribution in [1.29, 1.82) is 0 Å². The Hall–Kier alpha value is -2.34. The smallest absolute Gasteiger partial charge is 0.261 e. The van der Waals surface area contributed by atoms with Crippen molar-refractivity contribution in [3.63, 3.8) is 0 Å². The maximum Gasteiger partial charge on any atom is 0.261 e. The zero-order valence-electron chi connectivity index (χ0n) is 12.5. The molecular formula is C16H17N3O2S. The lowest BCUT2D eigenvalue weighted by Gasteiger charge is -2.06. The van der Waals surface area contributed by atoms with Crippen molar-refractivity contribution in [3.8, 4) is 5.75 Å². The fourth-order valence-corrected chi connectivity index (χ4v) is 3.29. The summed E-state index contributed by atoms with van der Waals surface area (Å²) < 4.78 is 7.36. The quantitative estimate of drug-likeness (QED) is 0.737. The molecular weight excluding hydrogens is 298 g/mol. The van der Waals surface area contributed by atoms with Gasteiger partial charge in [-0.25, -0.2) is 0 Å².